The highest BCUT2D eigenvalue weighted by Crippen LogP contribution is 2.44. The van der Waals surface area contributed by atoms with Gasteiger partial charge in [0.25, 0.3) is 0 Å². The van der Waals surface area contributed by atoms with Crippen LogP contribution in [0.3, 0.4) is 0 Å². The lowest BCUT2D eigenvalue weighted by Crippen LogP contribution is -2.34. The number of ether oxygens (including phenoxy) is 1. The van der Waals surface area contributed by atoms with E-state index < -0.39 is 5.97 Å². The molecule has 41 heavy (non-hydrogen) atoms. The fourth-order valence-electron chi connectivity index (χ4n) is 5.38. The third-order valence-electron chi connectivity index (χ3n) is 7.47. The van der Waals surface area contributed by atoms with Crippen LogP contribution in [0.4, 0.5) is 5.69 Å². The number of amides is 2. The Bertz CT molecular complexity index is 1670. The Morgan fingerprint density at radius 3 is 2.29 bits per heavy atom. The van der Waals surface area contributed by atoms with Crippen LogP contribution in [0.2, 0.25) is 5.02 Å². The fraction of sp³-hybridized carbons (Fsp3) is 0.233. The van der Waals surface area contributed by atoms with Crippen molar-refractivity contribution in [2.75, 3.05) is 11.5 Å². The van der Waals surface area contributed by atoms with Crippen molar-refractivity contribution in [3.63, 3.8) is 0 Å². The number of anilines is 1. The average molecular weight is 717 g/mol. The Kier molecular flexibility index (Phi) is 7.84. The van der Waals surface area contributed by atoms with Crippen LogP contribution in [0.15, 0.2) is 66.0 Å². The van der Waals surface area contributed by atoms with Crippen LogP contribution in [0.5, 0.6) is 0 Å². The lowest BCUT2D eigenvalue weighted by molar-refractivity contribution is -0.122. The molecular weight excluding hydrogens is 696 g/mol. The molecule has 4 unspecified atom stereocenters. The van der Waals surface area contributed by atoms with Gasteiger partial charge in [0.2, 0.25) is 17.6 Å². The Labute approximate surface area is 261 Å². The van der Waals surface area contributed by atoms with E-state index in [-0.39, 0.29) is 51.3 Å². The summed E-state index contributed by atoms with van der Waals surface area (Å²) in [6.45, 7) is -0.390. The summed E-state index contributed by atoms with van der Waals surface area (Å²) in [6.07, 6.45) is 1.19. The standard InChI is InChI=1S/C30H21Br2ClN2O5S/c31-21-11-18-19(12-22(21)32)29(38)35(28(18)37)16-8-6-15(7-9-16)24-13-20(17-3-1-4-23(33)27(17)34-24)30(39)40-14-25(36)26-5-2-10-41-26/h1-10,13,18-19,21-22H,11-12,14H2. The van der Waals surface area contributed by atoms with Gasteiger partial charge in [-0.1, -0.05) is 73.8 Å². The van der Waals surface area contributed by atoms with E-state index in [2.05, 4.69) is 31.9 Å². The molecule has 1 aliphatic heterocycles. The number of hydrogen-bond donors (Lipinski definition) is 0. The van der Waals surface area contributed by atoms with Crippen molar-refractivity contribution >= 4 is 95.0 Å². The van der Waals surface area contributed by atoms with Crippen molar-refractivity contribution in [1.29, 1.82) is 0 Å². The Morgan fingerprint density at radius 1 is 0.976 bits per heavy atom. The largest absolute Gasteiger partial charge is 0.454 e. The maximum atomic E-state index is 13.2. The number of halogens is 3. The number of esters is 1. The number of para-hydroxylation sites is 1. The van der Waals surface area contributed by atoms with Crippen LogP contribution >= 0.6 is 54.8 Å². The van der Waals surface area contributed by atoms with E-state index in [1.165, 1.54) is 16.2 Å². The van der Waals surface area contributed by atoms with Gasteiger partial charge in [-0.15, -0.1) is 11.3 Å². The van der Waals surface area contributed by atoms with E-state index in [4.69, 9.17) is 21.3 Å². The van der Waals surface area contributed by atoms with Gasteiger partial charge in [0.15, 0.2) is 6.61 Å². The van der Waals surface area contributed by atoms with Crippen molar-refractivity contribution in [1.82, 2.24) is 4.98 Å². The maximum Gasteiger partial charge on any atom is 0.339 e. The molecule has 0 N–H and O–H groups in total. The number of pyridine rings is 1. The normalized spacial score (nSPS) is 22.2. The van der Waals surface area contributed by atoms with Gasteiger partial charge in [0, 0.05) is 20.6 Å². The molecule has 7 nitrogen and oxygen atoms in total. The third-order valence-corrected chi connectivity index (χ3v) is 11.4. The quantitative estimate of drug-likeness (QED) is 0.0917. The molecule has 208 valence electrons. The van der Waals surface area contributed by atoms with Crippen LogP contribution in [-0.2, 0) is 14.3 Å². The molecule has 0 bridgehead atoms. The summed E-state index contributed by atoms with van der Waals surface area (Å²) in [5.41, 5.74) is 2.22. The Morgan fingerprint density at radius 2 is 1.66 bits per heavy atom. The van der Waals surface area contributed by atoms with Crippen LogP contribution in [0, 0.1) is 11.8 Å². The van der Waals surface area contributed by atoms with Crippen LogP contribution in [0.1, 0.15) is 32.9 Å². The minimum Gasteiger partial charge on any atom is -0.454 e. The number of ketones is 1. The zero-order valence-electron chi connectivity index (χ0n) is 21.3. The Hall–Kier alpha value is -2.92. The van der Waals surface area contributed by atoms with Gasteiger partial charge < -0.3 is 4.74 Å². The zero-order valence-corrected chi connectivity index (χ0v) is 26.0. The number of benzene rings is 2. The number of thiophene rings is 1. The van der Waals surface area contributed by atoms with Crippen molar-refractivity contribution in [3.8, 4) is 11.3 Å². The summed E-state index contributed by atoms with van der Waals surface area (Å²) in [6, 6.07) is 17.1. The van der Waals surface area contributed by atoms with Gasteiger partial charge in [-0.25, -0.2) is 9.78 Å². The first kappa shape index (κ1) is 28.2. The molecule has 4 aromatic rings. The topological polar surface area (TPSA) is 93.6 Å². The first-order valence-corrected chi connectivity index (χ1v) is 15.9. The monoisotopic (exact) mass is 714 g/mol. The zero-order chi connectivity index (χ0) is 28.8. The maximum absolute atomic E-state index is 13.2. The van der Waals surface area contributed by atoms with Gasteiger partial charge in [-0.2, -0.15) is 0 Å². The predicted octanol–water partition coefficient (Wildman–Crippen LogP) is 7.08. The number of carbonyl (C=O) groups is 4. The molecule has 0 spiro atoms. The summed E-state index contributed by atoms with van der Waals surface area (Å²) in [4.78, 5) is 58.7. The van der Waals surface area contributed by atoms with E-state index in [1.807, 2.05) is 0 Å². The highest BCUT2D eigenvalue weighted by Gasteiger charge is 2.52. The molecule has 0 radical (unpaired) electrons. The van der Waals surface area contributed by atoms with E-state index in [0.29, 0.717) is 50.6 Å². The average Bonchev–Trinajstić information content (AvgIpc) is 3.59. The summed E-state index contributed by atoms with van der Waals surface area (Å²) in [5, 5.41) is 2.64. The number of nitrogens with zero attached hydrogens (tertiary/aromatic N) is 2. The minimum atomic E-state index is -0.673. The van der Waals surface area contributed by atoms with E-state index >= 15 is 0 Å². The molecule has 1 saturated carbocycles. The van der Waals surface area contributed by atoms with E-state index in [0.717, 1.165) is 0 Å². The molecule has 2 aromatic carbocycles. The number of aromatic nitrogens is 1. The second kappa shape index (κ2) is 11.4. The second-order valence-corrected chi connectivity index (χ2v) is 13.6. The lowest BCUT2D eigenvalue weighted by atomic mass is 9.81. The van der Waals surface area contributed by atoms with Crippen molar-refractivity contribution in [2.45, 2.75) is 22.5 Å². The minimum absolute atomic E-state index is 0.128. The number of imide groups is 1. The lowest BCUT2D eigenvalue weighted by Gasteiger charge is -2.29. The summed E-state index contributed by atoms with van der Waals surface area (Å²) in [7, 11) is 0. The predicted molar refractivity (Wildman–Crippen MR) is 165 cm³/mol. The van der Waals surface area contributed by atoms with Gasteiger partial charge in [0.05, 0.1) is 44.2 Å². The van der Waals surface area contributed by atoms with E-state index in [1.54, 1.807) is 66.0 Å². The van der Waals surface area contributed by atoms with Gasteiger partial charge in [-0.3, -0.25) is 19.3 Å². The Balaban J connectivity index is 1.29. The SMILES string of the molecule is O=C(COC(=O)c1cc(-c2ccc(N3C(=O)C4CC(Br)C(Br)CC4C3=O)cc2)nc2c(Cl)cccc12)c1cccs1. The van der Waals surface area contributed by atoms with Gasteiger partial charge in [0.1, 0.15) is 0 Å². The molecule has 2 fully saturated rings. The molecule has 2 aliphatic rings. The number of rotatable bonds is 6. The molecule has 3 heterocycles. The number of Topliss-reactive ketones (excluding diaryl/α,β-unsaturated/α-hetero) is 1. The fourth-order valence-corrected chi connectivity index (χ4v) is 7.48. The van der Waals surface area contributed by atoms with E-state index in [9.17, 15) is 19.2 Å². The number of fused-ring (bicyclic) bond motifs is 2. The van der Waals surface area contributed by atoms with Crippen molar-refractivity contribution in [2.24, 2.45) is 11.8 Å². The van der Waals surface area contributed by atoms with Gasteiger partial charge >= 0.3 is 5.97 Å². The smallest absolute Gasteiger partial charge is 0.339 e. The molecule has 1 aliphatic carbocycles. The number of alkyl halides is 2. The highest BCUT2D eigenvalue weighted by molar-refractivity contribution is 9.12. The van der Waals surface area contributed by atoms with Crippen molar-refractivity contribution in [3.05, 3.63) is 81.5 Å². The third kappa shape index (κ3) is 5.27. The molecular formula is C30H21Br2ClN2O5S. The molecule has 1 saturated heterocycles. The molecule has 6 rings (SSSR count). The first-order chi connectivity index (χ1) is 19.7. The molecule has 2 amide bonds. The first-order valence-electron chi connectivity index (χ1n) is 12.8. The summed E-state index contributed by atoms with van der Waals surface area (Å²) < 4.78 is 5.38. The highest BCUT2D eigenvalue weighted by atomic mass is 79.9. The van der Waals surface area contributed by atoms with Gasteiger partial charge in [-0.05, 0) is 48.6 Å². The van der Waals surface area contributed by atoms with Crippen LogP contribution in [-0.4, -0.2) is 44.8 Å². The second-order valence-electron chi connectivity index (χ2n) is 9.94. The molecule has 4 atom stereocenters. The molecule has 11 heteroatoms. The number of hydrogen-bond acceptors (Lipinski definition) is 7. The van der Waals surface area contributed by atoms with Crippen LogP contribution < -0.4 is 4.90 Å². The summed E-state index contributed by atoms with van der Waals surface area (Å²) in [5.74, 6) is -2.02. The van der Waals surface area contributed by atoms with Crippen LogP contribution in [0.25, 0.3) is 22.2 Å². The van der Waals surface area contributed by atoms with Crippen molar-refractivity contribution < 1.29 is 23.9 Å². The molecule has 2 aromatic heterocycles. The summed E-state index contributed by atoms with van der Waals surface area (Å²) >= 11 is 15.0. The number of carbonyl (C=O) groups excluding carboxylic acids is 4.